The number of nitrogens with zero attached hydrogens (tertiary/aromatic N) is 1. The molecule has 1 aromatic rings. The molecule has 1 aliphatic rings. The number of fused-ring (bicyclic) bond motifs is 1. The molecule has 1 unspecified atom stereocenters. The molecule has 0 spiro atoms. The molecular weight excluding hydrogens is 176 g/mol. The Kier molecular flexibility index (Phi) is 2.33. The lowest BCUT2D eigenvalue weighted by atomic mass is 10.2. The zero-order valence-electron chi connectivity index (χ0n) is 8.62. The summed E-state index contributed by atoms with van der Waals surface area (Å²) in [5.74, 6) is 0. The van der Waals surface area contributed by atoms with Crippen LogP contribution in [0.2, 0.25) is 0 Å². The van der Waals surface area contributed by atoms with Gasteiger partial charge in [0, 0.05) is 20.0 Å². The van der Waals surface area contributed by atoms with Gasteiger partial charge in [0.1, 0.15) is 6.23 Å². The smallest absolute Gasteiger partial charge is 0.128 e. The molecule has 0 aromatic heterocycles. The van der Waals surface area contributed by atoms with Gasteiger partial charge in [-0.15, -0.1) is 0 Å². The summed E-state index contributed by atoms with van der Waals surface area (Å²) in [6.45, 7) is 2.89. The highest BCUT2D eigenvalue weighted by Crippen LogP contribution is 2.29. The van der Waals surface area contributed by atoms with Crippen LogP contribution in [0.4, 0.5) is 11.4 Å². The largest absolute Gasteiger partial charge is 0.383 e. The van der Waals surface area contributed by atoms with Gasteiger partial charge in [-0.3, -0.25) is 0 Å². The van der Waals surface area contributed by atoms with Gasteiger partial charge in [0.15, 0.2) is 0 Å². The maximum absolute atomic E-state index is 9.76. The maximum Gasteiger partial charge on any atom is 0.128 e. The lowest BCUT2D eigenvalue weighted by Gasteiger charge is -2.24. The van der Waals surface area contributed by atoms with Crippen molar-refractivity contribution in [3.05, 3.63) is 23.8 Å². The fraction of sp³-hybridized carbons (Fsp3) is 0.455. The minimum absolute atomic E-state index is 0.383. The summed E-state index contributed by atoms with van der Waals surface area (Å²) in [4.78, 5) is 1.91. The molecule has 3 heteroatoms. The maximum atomic E-state index is 9.76. The molecule has 2 N–H and O–H groups in total. The molecule has 3 nitrogen and oxygen atoms in total. The standard InChI is InChI=1S/C11H16N2O/c1-8-3-4-10-9(7-8)12-6-5-11(14)13(10)2/h3-4,7,11-12,14H,5-6H2,1-2H3. The predicted molar refractivity (Wildman–Crippen MR) is 58.7 cm³/mol. The molecule has 0 bridgehead atoms. The lowest BCUT2D eigenvalue weighted by molar-refractivity contribution is 0.170. The van der Waals surface area contributed by atoms with Crippen molar-refractivity contribution in [3.63, 3.8) is 0 Å². The van der Waals surface area contributed by atoms with Crippen molar-refractivity contribution < 1.29 is 5.11 Å². The molecule has 1 atom stereocenters. The average Bonchev–Trinajstić information content (AvgIpc) is 2.28. The molecule has 0 saturated heterocycles. The number of anilines is 2. The predicted octanol–water partition coefficient (Wildman–Crippen LogP) is 1.57. The quantitative estimate of drug-likeness (QED) is 0.655. The molecule has 76 valence electrons. The Bertz CT molecular complexity index is 338. The monoisotopic (exact) mass is 192 g/mol. The van der Waals surface area contributed by atoms with E-state index in [-0.39, 0.29) is 6.23 Å². The van der Waals surface area contributed by atoms with Gasteiger partial charge in [0.25, 0.3) is 0 Å². The van der Waals surface area contributed by atoms with E-state index in [1.54, 1.807) is 0 Å². The molecule has 0 saturated carbocycles. The van der Waals surface area contributed by atoms with E-state index < -0.39 is 0 Å². The second-order valence-corrected chi connectivity index (χ2v) is 3.83. The van der Waals surface area contributed by atoms with Crippen molar-refractivity contribution in [3.8, 4) is 0 Å². The summed E-state index contributed by atoms with van der Waals surface area (Å²) in [7, 11) is 1.92. The second kappa shape index (κ2) is 3.50. The van der Waals surface area contributed by atoms with Crippen molar-refractivity contribution >= 4 is 11.4 Å². The van der Waals surface area contributed by atoms with Gasteiger partial charge in [-0.1, -0.05) is 6.07 Å². The zero-order valence-corrected chi connectivity index (χ0v) is 8.62. The molecule has 1 aromatic carbocycles. The van der Waals surface area contributed by atoms with Gasteiger partial charge in [0.2, 0.25) is 0 Å². The molecule has 2 rings (SSSR count). The fourth-order valence-corrected chi connectivity index (χ4v) is 1.79. The number of benzene rings is 1. The van der Waals surface area contributed by atoms with Crippen molar-refractivity contribution in [1.29, 1.82) is 0 Å². The highest BCUT2D eigenvalue weighted by Gasteiger charge is 2.18. The highest BCUT2D eigenvalue weighted by atomic mass is 16.3. The molecule has 0 aliphatic carbocycles. The Hall–Kier alpha value is -1.22. The summed E-state index contributed by atoms with van der Waals surface area (Å²) in [6.07, 6.45) is 0.371. The number of aliphatic hydroxyl groups is 1. The van der Waals surface area contributed by atoms with Crippen LogP contribution in [0, 0.1) is 6.92 Å². The van der Waals surface area contributed by atoms with Gasteiger partial charge in [0.05, 0.1) is 11.4 Å². The summed E-state index contributed by atoms with van der Waals surface area (Å²) < 4.78 is 0. The third-order valence-electron chi connectivity index (χ3n) is 2.70. The minimum atomic E-state index is -0.383. The summed E-state index contributed by atoms with van der Waals surface area (Å²) in [6, 6.07) is 6.23. The van der Waals surface area contributed by atoms with E-state index in [4.69, 9.17) is 0 Å². The van der Waals surface area contributed by atoms with E-state index in [1.807, 2.05) is 18.0 Å². The van der Waals surface area contributed by atoms with Crippen LogP contribution in [0.5, 0.6) is 0 Å². The molecule has 1 heterocycles. The van der Waals surface area contributed by atoms with E-state index in [0.29, 0.717) is 0 Å². The molecule has 0 radical (unpaired) electrons. The van der Waals surface area contributed by atoms with Gasteiger partial charge in [-0.05, 0) is 24.6 Å². The van der Waals surface area contributed by atoms with Crippen LogP contribution in [0.3, 0.4) is 0 Å². The van der Waals surface area contributed by atoms with Crippen molar-refractivity contribution in [2.75, 3.05) is 23.8 Å². The number of rotatable bonds is 0. The Balaban J connectivity index is 2.43. The van der Waals surface area contributed by atoms with Crippen molar-refractivity contribution in [1.82, 2.24) is 0 Å². The number of aryl methyl sites for hydroxylation is 1. The first kappa shape index (κ1) is 9.34. The first-order valence-corrected chi connectivity index (χ1v) is 4.94. The Morgan fingerprint density at radius 1 is 1.50 bits per heavy atom. The average molecular weight is 192 g/mol. The molecule has 0 fully saturated rings. The number of hydrogen-bond donors (Lipinski definition) is 2. The van der Waals surface area contributed by atoms with Gasteiger partial charge in [-0.2, -0.15) is 0 Å². The second-order valence-electron chi connectivity index (χ2n) is 3.83. The number of hydrogen-bond acceptors (Lipinski definition) is 3. The third-order valence-corrected chi connectivity index (χ3v) is 2.70. The van der Waals surface area contributed by atoms with Crippen LogP contribution in [-0.4, -0.2) is 24.9 Å². The van der Waals surface area contributed by atoms with Crippen molar-refractivity contribution in [2.45, 2.75) is 19.6 Å². The van der Waals surface area contributed by atoms with Gasteiger partial charge < -0.3 is 15.3 Å². The summed E-state index contributed by atoms with van der Waals surface area (Å²) in [5.41, 5.74) is 3.42. The number of nitrogens with one attached hydrogen (secondary N) is 1. The Labute approximate surface area is 84.4 Å². The normalized spacial score (nSPS) is 21.1. The number of aliphatic hydroxyl groups excluding tert-OH is 1. The van der Waals surface area contributed by atoms with E-state index in [0.717, 1.165) is 24.3 Å². The van der Waals surface area contributed by atoms with Gasteiger partial charge in [-0.25, -0.2) is 0 Å². The van der Waals surface area contributed by atoms with Crippen LogP contribution in [-0.2, 0) is 0 Å². The topological polar surface area (TPSA) is 35.5 Å². The van der Waals surface area contributed by atoms with Gasteiger partial charge >= 0.3 is 0 Å². The molecule has 14 heavy (non-hydrogen) atoms. The summed E-state index contributed by atoms with van der Waals surface area (Å²) in [5, 5.41) is 13.1. The van der Waals surface area contributed by atoms with Crippen LogP contribution in [0.15, 0.2) is 18.2 Å². The lowest BCUT2D eigenvalue weighted by Crippen LogP contribution is -2.30. The molecule has 1 aliphatic heterocycles. The van der Waals surface area contributed by atoms with Crippen LogP contribution in [0.25, 0.3) is 0 Å². The van der Waals surface area contributed by atoms with E-state index in [1.165, 1.54) is 5.56 Å². The van der Waals surface area contributed by atoms with E-state index >= 15 is 0 Å². The minimum Gasteiger partial charge on any atom is -0.383 e. The van der Waals surface area contributed by atoms with Crippen LogP contribution < -0.4 is 10.2 Å². The van der Waals surface area contributed by atoms with Crippen molar-refractivity contribution in [2.24, 2.45) is 0 Å². The Morgan fingerprint density at radius 2 is 2.29 bits per heavy atom. The van der Waals surface area contributed by atoms with E-state index in [2.05, 4.69) is 24.4 Å². The van der Waals surface area contributed by atoms with Crippen LogP contribution >= 0.6 is 0 Å². The third kappa shape index (κ3) is 1.55. The highest BCUT2D eigenvalue weighted by molar-refractivity contribution is 5.71. The van der Waals surface area contributed by atoms with E-state index in [9.17, 15) is 5.11 Å². The molecule has 0 amide bonds. The SMILES string of the molecule is Cc1ccc2c(c1)NCCC(O)N2C. The Morgan fingerprint density at radius 3 is 3.07 bits per heavy atom. The zero-order chi connectivity index (χ0) is 10.1. The first-order valence-electron chi connectivity index (χ1n) is 4.94. The summed E-state index contributed by atoms with van der Waals surface area (Å²) >= 11 is 0. The van der Waals surface area contributed by atoms with Crippen LogP contribution in [0.1, 0.15) is 12.0 Å². The molecular formula is C11H16N2O. The fourth-order valence-electron chi connectivity index (χ4n) is 1.79. The first-order chi connectivity index (χ1) is 6.68.